The zero-order valence-corrected chi connectivity index (χ0v) is 14.3. The molecule has 0 spiro atoms. The van der Waals surface area contributed by atoms with Crippen LogP contribution in [0.1, 0.15) is 32.6 Å². The van der Waals surface area contributed by atoms with Gasteiger partial charge in [-0.1, -0.05) is 11.6 Å². The minimum atomic E-state index is -1.00. The quantitative estimate of drug-likeness (QED) is 0.268. The van der Waals surface area contributed by atoms with Crippen molar-refractivity contribution in [1.82, 2.24) is 10.4 Å². The fraction of sp³-hybridized carbons (Fsp3) is 0.467. The van der Waals surface area contributed by atoms with E-state index in [1.807, 2.05) is 6.92 Å². The molecule has 0 aliphatic heterocycles. The summed E-state index contributed by atoms with van der Waals surface area (Å²) in [5, 5.41) is 11.5. The van der Waals surface area contributed by atoms with E-state index in [2.05, 4.69) is 10.3 Å². The molecule has 0 aromatic carbocycles. The van der Waals surface area contributed by atoms with Crippen LogP contribution in [0.5, 0.6) is 5.88 Å². The molecule has 25 heavy (non-hydrogen) atoms. The van der Waals surface area contributed by atoms with Crippen LogP contribution in [0.3, 0.4) is 0 Å². The summed E-state index contributed by atoms with van der Waals surface area (Å²) in [5.74, 6) is 1.95. The number of hydrazine groups is 1. The third-order valence-electron chi connectivity index (χ3n) is 4.14. The maximum atomic E-state index is 11.4. The molecule has 10 heteroatoms. The van der Waals surface area contributed by atoms with E-state index in [4.69, 9.17) is 27.3 Å². The van der Waals surface area contributed by atoms with Gasteiger partial charge >= 0.3 is 17.8 Å². The Hall–Kier alpha value is -2.39. The lowest BCUT2D eigenvalue weighted by Crippen LogP contribution is -2.39. The molecule has 1 aliphatic rings. The number of nitrogens with two attached hydrogens (primary N) is 1. The normalized spacial score (nSPS) is 22.8. The van der Waals surface area contributed by atoms with E-state index in [0.717, 1.165) is 0 Å². The zero-order chi connectivity index (χ0) is 18.6. The number of carboxylic acids is 1. The molecule has 1 aromatic rings. The predicted octanol–water partition coefficient (Wildman–Crippen LogP) is 1.08. The summed E-state index contributed by atoms with van der Waals surface area (Å²) >= 11 is 6.13. The molecule has 9 nitrogen and oxygen atoms in total. The molecule has 1 fully saturated rings. The largest absolute Gasteiger partial charge is 0.481 e. The van der Waals surface area contributed by atoms with E-state index < -0.39 is 23.4 Å². The molecular weight excluding hydrogens is 352 g/mol. The fourth-order valence-electron chi connectivity index (χ4n) is 2.63. The van der Waals surface area contributed by atoms with Gasteiger partial charge in [0, 0.05) is 0 Å². The van der Waals surface area contributed by atoms with E-state index in [9.17, 15) is 14.4 Å². The molecule has 1 heterocycles. The lowest BCUT2D eigenvalue weighted by atomic mass is 9.80. The number of aliphatic carboxylic acids is 1. The Kier molecular flexibility index (Phi) is 5.81. The molecule has 1 saturated carbocycles. The standard InChI is InChI=1S/C15H19ClN4O5/c1-15(4-2-8(3-5-15)14(23)24)25-13-10(16)6-9(7-18-13)19-11(21)12(22)20-17/h6-8H,2-5,17H2,1H3,(H,19,21)(H,20,22)(H,23,24)/t8-,15-. The Morgan fingerprint density at radius 3 is 2.52 bits per heavy atom. The molecule has 0 unspecified atom stereocenters. The number of nitrogens with zero attached hydrogens (tertiary/aromatic N) is 1. The number of carbonyl (C=O) groups excluding carboxylic acids is 2. The van der Waals surface area contributed by atoms with Crippen LogP contribution in [0.4, 0.5) is 5.69 Å². The highest BCUT2D eigenvalue weighted by Crippen LogP contribution is 2.37. The topological polar surface area (TPSA) is 144 Å². The summed E-state index contributed by atoms with van der Waals surface area (Å²) in [5.41, 5.74) is 1.36. The summed E-state index contributed by atoms with van der Waals surface area (Å²) in [6.07, 6.45) is 3.47. The monoisotopic (exact) mass is 370 g/mol. The van der Waals surface area contributed by atoms with Crippen LogP contribution < -0.4 is 21.3 Å². The minimum absolute atomic E-state index is 0.160. The second-order valence-corrected chi connectivity index (χ2v) is 6.51. The first kappa shape index (κ1) is 18.9. The number of anilines is 1. The molecule has 0 radical (unpaired) electrons. The number of rotatable bonds is 4. The second-order valence-electron chi connectivity index (χ2n) is 6.10. The lowest BCUT2D eigenvalue weighted by molar-refractivity contribution is -0.144. The number of hydrogen-bond acceptors (Lipinski definition) is 6. The SMILES string of the molecule is C[C@]1(Oc2ncc(NC(=O)C(=O)NN)cc2Cl)CC[C@H](C(=O)O)CC1. The van der Waals surface area contributed by atoms with Crippen molar-refractivity contribution in [2.75, 3.05) is 5.32 Å². The van der Waals surface area contributed by atoms with Gasteiger partial charge < -0.3 is 15.2 Å². The Labute approximate surface area is 148 Å². The smallest absolute Gasteiger partial charge is 0.323 e. The summed E-state index contributed by atoms with van der Waals surface area (Å²) < 4.78 is 5.88. The van der Waals surface area contributed by atoms with Gasteiger partial charge in [-0.2, -0.15) is 0 Å². The van der Waals surface area contributed by atoms with Gasteiger partial charge in [0.25, 0.3) is 0 Å². The molecule has 136 valence electrons. The Bertz CT molecular complexity index is 688. The lowest BCUT2D eigenvalue weighted by Gasteiger charge is -2.36. The summed E-state index contributed by atoms with van der Waals surface area (Å²) in [4.78, 5) is 37.6. The molecule has 0 atom stereocenters. The summed E-state index contributed by atoms with van der Waals surface area (Å²) in [6, 6.07) is 1.40. The first-order chi connectivity index (χ1) is 11.7. The first-order valence-electron chi connectivity index (χ1n) is 7.63. The van der Waals surface area contributed by atoms with E-state index in [0.29, 0.717) is 25.7 Å². The summed E-state index contributed by atoms with van der Waals surface area (Å²) in [6.45, 7) is 1.88. The Balaban J connectivity index is 2.02. The van der Waals surface area contributed by atoms with Crippen molar-refractivity contribution in [2.24, 2.45) is 11.8 Å². The van der Waals surface area contributed by atoms with E-state index in [-0.39, 0.29) is 22.5 Å². The van der Waals surface area contributed by atoms with Crippen molar-refractivity contribution >= 4 is 35.1 Å². The fourth-order valence-corrected chi connectivity index (χ4v) is 2.84. The number of hydrogen-bond donors (Lipinski definition) is 4. The Morgan fingerprint density at radius 2 is 2.00 bits per heavy atom. The van der Waals surface area contributed by atoms with Crippen LogP contribution in [0, 0.1) is 5.92 Å². The first-order valence-corrected chi connectivity index (χ1v) is 8.01. The average Bonchev–Trinajstić information content (AvgIpc) is 2.56. The van der Waals surface area contributed by atoms with Crippen LogP contribution in [-0.4, -0.2) is 33.5 Å². The van der Waals surface area contributed by atoms with Crippen LogP contribution >= 0.6 is 11.6 Å². The average molecular weight is 371 g/mol. The molecule has 1 aliphatic carbocycles. The molecule has 1 aromatic heterocycles. The maximum Gasteiger partial charge on any atom is 0.323 e. The van der Waals surface area contributed by atoms with E-state index in [1.54, 1.807) is 5.43 Å². The molecule has 0 saturated heterocycles. The highest BCUT2D eigenvalue weighted by atomic mass is 35.5. The Morgan fingerprint density at radius 1 is 1.36 bits per heavy atom. The van der Waals surface area contributed by atoms with Crippen molar-refractivity contribution in [3.63, 3.8) is 0 Å². The predicted molar refractivity (Wildman–Crippen MR) is 88.8 cm³/mol. The highest BCUT2D eigenvalue weighted by molar-refractivity contribution is 6.39. The van der Waals surface area contributed by atoms with Gasteiger partial charge in [0.1, 0.15) is 10.6 Å². The second kappa shape index (κ2) is 7.66. The molecule has 5 N–H and O–H groups in total. The molecular formula is C15H19ClN4O5. The van der Waals surface area contributed by atoms with Crippen molar-refractivity contribution in [3.05, 3.63) is 17.3 Å². The van der Waals surface area contributed by atoms with Gasteiger partial charge in [-0.3, -0.25) is 19.8 Å². The number of carbonyl (C=O) groups is 3. The van der Waals surface area contributed by atoms with Crippen LogP contribution in [0.25, 0.3) is 0 Å². The summed E-state index contributed by atoms with van der Waals surface area (Å²) in [7, 11) is 0. The molecule has 2 rings (SSSR count). The zero-order valence-electron chi connectivity index (χ0n) is 13.5. The van der Waals surface area contributed by atoms with Gasteiger partial charge in [-0.15, -0.1) is 0 Å². The van der Waals surface area contributed by atoms with E-state index in [1.165, 1.54) is 12.3 Å². The van der Waals surface area contributed by atoms with Crippen LogP contribution in [0.2, 0.25) is 5.02 Å². The van der Waals surface area contributed by atoms with Gasteiger partial charge in [-0.05, 0) is 38.7 Å². The van der Waals surface area contributed by atoms with Crippen molar-refractivity contribution < 1.29 is 24.2 Å². The molecule has 2 amide bonds. The van der Waals surface area contributed by atoms with Gasteiger partial charge in [-0.25, -0.2) is 10.8 Å². The van der Waals surface area contributed by atoms with E-state index >= 15 is 0 Å². The van der Waals surface area contributed by atoms with Crippen molar-refractivity contribution in [3.8, 4) is 5.88 Å². The molecule has 0 bridgehead atoms. The number of aromatic nitrogens is 1. The number of carboxylic acid groups (broad SMARTS) is 1. The minimum Gasteiger partial charge on any atom is -0.481 e. The number of halogens is 1. The third-order valence-corrected chi connectivity index (χ3v) is 4.41. The van der Waals surface area contributed by atoms with Crippen LogP contribution in [-0.2, 0) is 14.4 Å². The number of nitrogens with one attached hydrogen (secondary N) is 2. The van der Waals surface area contributed by atoms with Gasteiger partial charge in [0.2, 0.25) is 5.88 Å². The van der Waals surface area contributed by atoms with Crippen molar-refractivity contribution in [2.45, 2.75) is 38.2 Å². The number of pyridine rings is 1. The highest BCUT2D eigenvalue weighted by Gasteiger charge is 2.36. The third kappa shape index (κ3) is 4.80. The van der Waals surface area contributed by atoms with Crippen LogP contribution in [0.15, 0.2) is 12.3 Å². The maximum absolute atomic E-state index is 11.4. The number of amides is 2. The van der Waals surface area contributed by atoms with Gasteiger partial charge in [0.05, 0.1) is 17.8 Å². The van der Waals surface area contributed by atoms with Crippen molar-refractivity contribution in [1.29, 1.82) is 0 Å². The van der Waals surface area contributed by atoms with Gasteiger partial charge in [0.15, 0.2) is 0 Å². The number of ether oxygens (including phenoxy) is 1.